The zero-order valence-corrected chi connectivity index (χ0v) is 7.51. The van der Waals surface area contributed by atoms with Crippen molar-refractivity contribution < 1.29 is 14.6 Å². The normalized spacial score (nSPS) is 10.0. The third-order valence-corrected chi connectivity index (χ3v) is 1.54. The van der Waals surface area contributed by atoms with Crippen molar-refractivity contribution in [2.24, 2.45) is 0 Å². The minimum absolute atomic E-state index is 0.121. The molecule has 0 heterocycles. The molecule has 1 rings (SSSR count). The van der Waals surface area contributed by atoms with E-state index in [-0.39, 0.29) is 5.75 Å². The van der Waals surface area contributed by atoms with Crippen molar-refractivity contribution in [3.8, 4) is 5.75 Å². The lowest BCUT2D eigenvalue weighted by Gasteiger charge is -1.96. The van der Waals surface area contributed by atoms with E-state index >= 15 is 0 Å². The number of carbonyl (C=O) groups excluding carboxylic acids is 1. The summed E-state index contributed by atoms with van der Waals surface area (Å²) in [5.41, 5.74) is 0.563. The van der Waals surface area contributed by atoms with Gasteiger partial charge in [-0.2, -0.15) is 0 Å². The molecule has 1 aromatic carbocycles. The average molecular weight is 190 g/mol. The molecule has 0 aliphatic rings. The topological polar surface area (TPSA) is 46.5 Å². The number of benzene rings is 1. The predicted molar refractivity (Wildman–Crippen MR) is 53.4 cm³/mol. The van der Waals surface area contributed by atoms with Gasteiger partial charge in [0.1, 0.15) is 5.75 Å². The van der Waals surface area contributed by atoms with Crippen molar-refractivity contribution in [2.75, 3.05) is 0 Å². The minimum atomic E-state index is -0.525. The molecule has 0 spiro atoms. The van der Waals surface area contributed by atoms with Crippen LogP contribution in [0, 0.1) is 0 Å². The summed E-state index contributed by atoms with van der Waals surface area (Å²) in [6.07, 6.45) is 3.75. The van der Waals surface area contributed by atoms with Crippen molar-refractivity contribution in [3.05, 3.63) is 48.7 Å². The zero-order valence-electron chi connectivity index (χ0n) is 7.51. The van der Waals surface area contributed by atoms with Crippen LogP contribution in [0.15, 0.2) is 43.2 Å². The van der Waals surface area contributed by atoms with Crippen LogP contribution in [0.2, 0.25) is 0 Å². The summed E-state index contributed by atoms with van der Waals surface area (Å²) in [6.45, 7) is 3.25. The molecule has 0 saturated carbocycles. The molecule has 1 N–H and O–H groups in total. The molecule has 0 bridgehead atoms. The highest BCUT2D eigenvalue weighted by Gasteiger charge is 1.96. The molecule has 0 fully saturated rings. The molecule has 0 saturated heterocycles. The lowest BCUT2D eigenvalue weighted by atomic mass is 10.2. The maximum Gasteiger partial charge on any atom is 0.335 e. The van der Waals surface area contributed by atoms with Crippen LogP contribution in [0.1, 0.15) is 5.56 Å². The Morgan fingerprint density at radius 3 is 2.79 bits per heavy atom. The first-order chi connectivity index (χ1) is 6.74. The van der Waals surface area contributed by atoms with Crippen molar-refractivity contribution in [1.29, 1.82) is 0 Å². The Labute approximate surface area is 81.9 Å². The molecule has 0 aliphatic heterocycles. The third-order valence-electron chi connectivity index (χ3n) is 1.54. The maximum absolute atomic E-state index is 10.9. The van der Waals surface area contributed by atoms with Crippen LogP contribution in [-0.4, -0.2) is 11.1 Å². The summed E-state index contributed by atoms with van der Waals surface area (Å²) >= 11 is 0. The Morgan fingerprint density at radius 2 is 2.14 bits per heavy atom. The predicted octanol–water partition coefficient (Wildman–Crippen LogP) is 2.09. The number of phenols is 1. The quantitative estimate of drug-likeness (QED) is 0.451. The SMILES string of the molecule is C=COC(=O)/C=C/c1ccccc1O. The number of rotatable bonds is 3. The molecular weight excluding hydrogens is 180 g/mol. The number of aromatic hydroxyl groups is 1. The molecule has 0 aromatic heterocycles. The van der Waals surface area contributed by atoms with Crippen LogP contribution >= 0.6 is 0 Å². The number of hydrogen-bond donors (Lipinski definition) is 1. The standard InChI is InChI=1S/C11H10O3/c1-2-14-11(13)8-7-9-5-3-4-6-10(9)12/h2-8,12H,1H2/b8-7+. The summed E-state index contributed by atoms with van der Waals surface area (Å²) in [6, 6.07) is 6.69. The second-order valence-electron chi connectivity index (χ2n) is 2.50. The lowest BCUT2D eigenvalue weighted by Crippen LogP contribution is -1.92. The molecule has 0 radical (unpaired) electrons. The van der Waals surface area contributed by atoms with Gasteiger partial charge in [-0.25, -0.2) is 4.79 Å². The fraction of sp³-hybridized carbons (Fsp3) is 0. The summed E-state index contributed by atoms with van der Waals surface area (Å²) in [5.74, 6) is -0.404. The minimum Gasteiger partial charge on any atom is -0.507 e. The smallest absolute Gasteiger partial charge is 0.335 e. The van der Waals surface area contributed by atoms with E-state index in [0.29, 0.717) is 5.56 Å². The van der Waals surface area contributed by atoms with Crippen molar-refractivity contribution >= 4 is 12.0 Å². The van der Waals surface area contributed by atoms with E-state index in [1.807, 2.05) is 0 Å². The monoisotopic (exact) mass is 190 g/mol. The molecule has 0 amide bonds. The van der Waals surface area contributed by atoms with E-state index in [9.17, 15) is 9.90 Å². The lowest BCUT2D eigenvalue weighted by molar-refractivity contribution is -0.132. The van der Waals surface area contributed by atoms with Gasteiger partial charge in [-0.3, -0.25) is 0 Å². The van der Waals surface area contributed by atoms with Crippen LogP contribution in [0.5, 0.6) is 5.75 Å². The van der Waals surface area contributed by atoms with Gasteiger partial charge in [0.05, 0.1) is 6.26 Å². The van der Waals surface area contributed by atoms with E-state index in [1.165, 1.54) is 12.2 Å². The third kappa shape index (κ3) is 2.79. The highest BCUT2D eigenvalue weighted by molar-refractivity contribution is 5.87. The van der Waals surface area contributed by atoms with Gasteiger partial charge < -0.3 is 9.84 Å². The van der Waals surface area contributed by atoms with Crippen molar-refractivity contribution in [2.45, 2.75) is 0 Å². The van der Waals surface area contributed by atoms with Gasteiger partial charge >= 0.3 is 5.97 Å². The average Bonchev–Trinajstić information content (AvgIpc) is 2.17. The van der Waals surface area contributed by atoms with Crippen LogP contribution in [0.25, 0.3) is 6.08 Å². The van der Waals surface area contributed by atoms with Crippen molar-refractivity contribution in [1.82, 2.24) is 0 Å². The Bertz CT molecular complexity index is 367. The van der Waals surface area contributed by atoms with Crippen LogP contribution in [0.3, 0.4) is 0 Å². The highest BCUT2D eigenvalue weighted by atomic mass is 16.5. The van der Waals surface area contributed by atoms with E-state index in [4.69, 9.17) is 0 Å². The van der Waals surface area contributed by atoms with Gasteiger partial charge in [0, 0.05) is 11.6 Å². The van der Waals surface area contributed by atoms with Crippen LogP contribution in [0.4, 0.5) is 0 Å². The second kappa shape index (κ2) is 4.87. The first-order valence-electron chi connectivity index (χ1n) is 4.01. The second-order valence-corrected chi connectivity index (χ2v) is 2.50. The Kier molecular flexibility index (Phi) is 3.49. The molecule has 14 heavy (non-hydrogen) atoms. The molecule has 1 aromatic rings. The van der Waals surface area contributed by atoms with Gasteiger partial charge in [-0.05, 0) is 12.1 Å². The Hall–Kier alpha value is -2.03. The van der Waals surface area contributed by atoms with E-state index in [2.05, 4.69) is 11.3 Å². The number of hydrogen-bond acceptors (Lipinski definition) is 3. The van der Waals surface area contributed by atoms with Gasteiger partial charge in [-0.15, -0.1) is 0 Å². The summed E-state index contributed by atoms with van der Waals surface area (Å²) in [7, 11) is 0. The zero-order chi connectivity index (χ0) is 10.4. The molecule has 0 unspecified atom stereocenters. The summed E-state index contributed by atoms with van der Waals surface area (Å²) < 4.78 is 4.46. The van der Waals surface area contributed by atoms with E-state index in [0.717, 1.165) is 6.26 Å². The molecule has 0 atom stereocenters. The largest absolute Gasteiger partial charge is 0.507 e. The number of para-hydroxylation sites is 1. The maximum atomic E-state index is 10.9. The molecule has 3 heteroatoms. The van der Waals surface area contributed by atoms with Crippen molar-refractivity contribution in [3.63, 3.8) is 0 Å². The number of phenolic OH excluding ortho intramolecular Hbond substituents is 1. The van der Waals surface area contributed by atoms with Crippen LogP contribution in [-0.2, 0) is 9.53 Å². The Morgan fingerprint density at radius 1 is 1.43 bits per heavy atom. The van der Waals surface area contributed by atoms with Gasteiger partial charge in [0.15, 0.2) is 0 Å². The molecule has 0 aliphatic carbocycles. The number of ether oxygens (including phenoxy) is 1. The van der Waals surface area contributed by atoms with Gasteiger partial charge in [-0.1, -0.05) is 24.8 Å². The molecular formula is C11H10O3. The number of carbonyl (C=O) groups is 1. The van der Waals surface area contributed by atoms with E-state index in [1.54, 1.807) is 24.3 Å². The highest BCUT2D eigenvalue weighted by Crippen LogP contribution is 2.16. The molecule has 3 nitrogen and oxygen atoms in total. The first-order valence-corrected chi connectivity index (χ1v) is 4.01. The van der Waals surface area contributed by atoms with Gasteiger partial charge in [0.2, 0.25) is 0 Å². The number of esters is 1. The summed E-state index contributed by atoms with van der Waals surface area (Å²) in [4.78, 5) is 10.9. The van der Waals surface area contributed by atoms with E-state index < -0.39 is 5.97 Å². The van der Waals surface area contributed by atoms with Gasteiger partial charge in [0.25, 0.3) is 0 Å². The fourth-order valence-electron chi connectivity index (χ4n) is 0.908. The summed E-state index contributed by atoms with van der Waals surface area (Å²) in [5, 5.41) is 9.33. The first kappa shape index (κ1) is 10.1. The van der Waals surface area contributed by atoms with Crippen LogP contribution < -0.4 is 0 Å². The fourth-order valence-corrected chi connectivity index (χ4v) is 0.908. The molecule has 72 valence electrons. The Balaban J connectivity index is 2.73.